The number of hydrogen-bond donors (Lipinski definition) is 4. The largest absolute Gasteiger partial charge is 0.507 e. The number of carbonyl (C=O) groups excluding carboxylic acids is 1. The Bertz CT molecular complexity index is 885. The third kappa shape index (κ3) is 2.47. The number of aromatic hydroxyl groups is 1. The van der Waals surface area contributed by atoms with Gasteiger partial charge in [0.15, 0.2) is 0 Å². The number of H-pyrrole nitrogens is 1. The molecule has 0 saturated heterocycles. The van der Waals surface area contributed by atoms with E-state index < -0.39 is 11.9 Å². The van der Waals surface area contributed by atoms with E-state index in [9.17, 15) is 14.7 Å². The molecule has 22 heavy (non-hydrogen) atoms. The highest BCUT2D eigenvalue weighted by Crippen LogP contribution is 2.22. The SMILES string of the molecule is O=C(Nc1ccc(O)c(C(=O)O)c1)c1ccc2nc[nH]c2c1. The second-order valence-corrected chi connectivity index (χ2v) is 4.63. The van der Waals surface area contributed by atoms with Crippen LogP contribution in [0.4, 0.5) is 5.69 Å². The van der Waals surface area contributed by atoms with Crippen LogP contribution in [-0.4, -0.2) is 32.1 Å². The third-order valence-corrected chi connectivity index (χ3v) is 3.17. The van der Waals surface area contributed by atoms with Crippen LogP contribution >= 0.6 is 0 Å². The lowest BCUT2D eigenvalue weighted by Crippen LogP contribution is -2.12. The molecule has 1 heterocycles. The van der Waals surface area contributed by atoms with E-state index in [1.54, 1.807) is 18.2 Å². The summed E-state index contributed by atoms with van der Waals surface area (Å²) in [5.74, 6) is -2.02. The maximum Gasteiger partial charge on any atom is 0.339 e. The summed E-state index contributed by atoms with van der Waals surface area (Å²) in [4.78, 5) is 30.1. The molecule has 7 nitrogen and oxygen atoms in total. The van der Waals surface area contributed by atoms with E-state index in [1.807, 2.05) is 0 Å². The van der Waals surface area contributed by atoms with Crippen molar-refractivity contribution in [3.05, 3.63) is 53.9 Å². The van der Waals surface area contributed by atoms with Gasteiger partial charge in [-0.25, -0.2) is 9.78 Å². The smallest absolute Gasteiger partial charge is 0.339 e. The van der Waals surface area contributed by atoms with Crippen LogP contribution in [0.25, 0.3) is 11.0 Å². The van der Waals surface area contributed by atoms with Gasteiger partial charge in [0.1, 0.15) is 11.3 Å². The van der Waals surface area contributed by atoms with E-state index in [2.05, 4.69) is 15.3 Å². The lowest BCUT2D eigenvalue weighted by Gasteiger charge is -2.07. The number of anilines is 1. The Hall–Kier alpha value is -3.35. The number of aromatic nitrogens is 2. The van der Waals surface area contributed by atoms with E-state index in [0.29, 0.717) is 5.56 Å². The summed E-state index contributed by atoms with van der Waals surface area (Å²) in [5.41, 5.74) is 1.88. The lowest BCUT2D eigenvalue weighted by atomic mass is 10.1. The lowest BCUT2D eigenvalue weighted by molar-refractivity contribution is 0.0693. The number of carbonyl (C=O) groups is 2. The summed E-state index contributed by atoms with van der Waals surface area (Å²) < 4.78 is 0. The predicted molar refractivity (Wildman–Crippen MR) is 79.1 cm³/mol. The fraction of sp³-hybridized carbons (Fsp3) is 0. The van der Waals surface area contributed by atoms with Crippen LogP contribution in [0.5, 0.6) is 5.75 Å². The molecule has 0 bridgehead atoms. The molecule has 7 heteroatoms. The summed E-state index contributed by atoms with van der Waals surface area (Å²) in [7, 11) is 0. The Labute approximate surface area is 124 Å². The first-order chi connectivity index (χ1) is 10.5. The number of phenols is 1. The van der Waals surface area contributed by atoms with Crippen LogP contribution in [0.15, 0.2) is 42.7 Å². The molecule has 0 aliphatic carbocycles. The van der Waals surface area contributed by atoms with Gasteiger partial charge in [0.25, 0.3) is 5.91 Å². The van der Waals surface area contributed by atoms with Crippen molar-refractivity contribution in [2.75, 3.05) is 5.32 Å². The number of nitrogens with zero attached hydrogens (tertiary/aromatic N) is 1. The number of imidazole rings is 1. The quantitative estimate of drug-likeness (QED) is 0.553. The highest BCUT2D eigenvalue weighted by molar-refractivity contribution is 6.06. The molecule has 1 aromatic heterocycles. The van der Waals surface area contributed by atoms with E-state index >= 15 is 0 Å². The molecule has 0 fully saturated rings. The van der Waals surface area contributed by atoms with Crippen molar-refractivity contribution in [1.82, 2.24) is 9.97 Å². The second kappa shape index (κ2) is 5.21. The molecule has 2 aromatic carbocycles. The van der Waals surface area contributed by atoms with Gasteiger partial charge >= 0.3 is 5.97 Å². The van der Waals surface area contributed by atoms with Crippen LogP contribution in [-0.2, 0) is 0 Å². The molecule has 4 N–H and O–H groups in total. The van der Waals surface area contributed by atoms with Gasteiger partial charge in [-0.3, -0.25) is 4.79 Å². The van der Waals surface area contributed by atoms with E-state index in [-0.39, 0.29) is 17.0 Å². The number of carboxylic acid groups (broad SMARTS) is 1. The van der Waals surface area contributed by atoms with Crippen molar-refractivity contribution >= 4 is 28.6 Å². The molecule has 0 aliphatic heterocycles. The van der Waals surface area contributed by atoms with Crippen molar-refractivity contribution in [1.29, 1.82) is 0 Å². The minimum atomic E-state index is -1.27. The van der Waals surface area contributed by atoms with Crippen LogP contribution in [0, 0.1) is 0 Å². The van der Waals surface area contributed by atoms with E-state index in [0.717, 1.165) is 11.0 Å². The number of fused-ring (bicyclic) bond motifs is 1. The first-order valence-corrected chi connectivity index (χ1v) is 6.35. The number of amides is 1. The Morgan fingerprint density at radius 2 is 1.95 bits per heavy atom. The van der Waals surface area contributed by atoms with Gasteiger partial charge in [-0.1, -0.05) is 0 Å². The number of rotatable bonds is 3. The predicted octanol–water partition coefficient (Wildman–Crippen LogP) is 2.22. The van der Waals surface area contributed by atoms with Gasteiger partial charge in [0.2, 0.25) is 0 Å². The van der Waals surface area contributed by atoms with E-state index in [4.69, 9.17) is 5.11 Å². The van der Waals surface area contributed by atoms with Crippen LogP contribution < -0.4 is 5.32 Å². The van der Waals surface area contributed by atoms with Crippen molar-refractivity contribution in [2.24, 2.45) is 0 Å². The first-order valence-electron chi connectivity index (χ1n) is 6.35. The van der Waals surface area contributed by atoms with Gasteiger partial charge in [-0.15, -0.1) is 0 Å². The van der Waals surface area contributed by atoms with E-state index in [1.165, 1.54) is 24.5 Å². The maximum absolute atomic E-state index is 12.2. The summed E-state index contributed by atoms with van der Waals surface area (Å²) in [5, 5.41) is 21.0. The normalized spacial score (nSPS) is 10.5. The molecule has 0 atom stereocenters. The second-order valence-electron chi connectivity index (χ2n) is 4.63. The van der Waals surface area contributed by atoms with Gasteiger partial charge in [0.05, 0.1) is 17.4 Å². The Morgan fingerprint density at radius 1 is 1.14 bits per heavy atom. The molecule has 0 spiro atoms. The fourth-order valence-electron chi connectivity index (χ4n) is 2.07. The molecule has 3 rings (SSSR count). The van der Waals surface area contributed by atoms with Gasteiger partial charge in [0, 0.05) is 11.3 Å². The summed E-state index contributed by atoms with van der Waals surface area (Å²) in [6, 6.07) is 8.82. The molecular weight excluding hydrogens is 286 g/mol. The zero-order valence-electron chi connectivity index (χ0n) is 11.2. The molecule has 110 valence electrons. The maximum atomic E-state index is 12.2. The van der Waals surface area contributed by atoms with Crippen molar-refractivity contribution in [3.63, 3.8) is 0 Å². The van der Waals surface area contributed by atoms with Gasteiger partial charge in [-0.2, -0.15) is 0 Å². The van der Waals surface area contributed by atoms with Crippen LogP contribution in [0.2, 0.25) is 0 Å². The van der Waals surface area contributed by atoms with Gasteiger partial charge < -0.3 is 20.5 Å². The summed E-state index contributed by atoms with van der Waals surface area (Å²) in [6.45, 7) is 0. The van der Waals surface area contributed by atoms with Crippen molar-refractivity contribution in [2.45, 2.75) is 0 Å². The third-order valence-electron chi connectivity index (χ3n) is 3.17. The molecule has 0 unspecified atom stereocenters. The zero-order valence-corrected chi connectivity index (χ0v) is 11.2. The molecule has 0 radical (unpaired) electrons. The monoisotopic (exact) mass is 297 g/mol. The molecular formula is C15H11N3O4. The first kappa shape index (κ1) is 13.6. The number of aromatic carboxylic acids is 1. The molecule has 0 saturated carbocycles. The molecule has 3 aromatic rings. The zero-order chi connectivity index (χ0) is 15.7. The minimum Gasteiger partial charge on any atom is -0.507 e. The highest BCUT2D eigenvalue weighted by Gasteiger charge is 2.13. The Morgan fingerprint density at radius 3 is 2.73 bits per heavy atom. The number of benzene rings is 2. The van der Waals surface area contributed by atoms with Crippen molar-refractivity contribution < 1.29 is 19.8 Å². The van der Waals surface area contributed by atoms with Crippen LogP contribution in [0.1, 0.15) is 20.7 Å². The minimum absolute atomic E-state index is 0.276. The standard InChI is InChI=1S/C15H11N3O4/c19-13-4-2-9(6-10(13)15(21)22)18-14(20)8-1-3-11-12(5-8)17-7-16-11/h1-7,19H,(H,16,17)(H,18,20)(H,21,22). The fourth-order valence-corrected chi connectivity index (χ4v) is 2.07. The number of nitrogens with one attached hydrogen (secondary N) is 2. The number of hydrogen-bond acceptors (Lipinski definition) is 4. The van der Waals surface area contributed by atoms with Gasteiger partial charge in [-0.05, 0) is 36.4 Å². The Kier molecular flexibility index (Phi) is 3.23. The summed E-state index contributed by atoms with van der Waals surface area (Å²) >= 11 is 0. The molecule has 0 aliphatic rings. The van der Waals surface area contributed by atoms with Crippen molar-refractivity contribution in [3.8, 4) is 5.75 Å². The Balaban J connectivity index is 1.87. The highest BCUT2D eigenvalue weighted by atomic mass is 16.4. The van der Waals surface area contributed by atoms with Crippen LogP contribution in [0.3, 0.4) is 0 Å². The topological polar surface area (TPSA) is 115 Å². The number of aromatic amines is 1. The number of carboxylic acids is 1. The average molecular weight is 297 g/mol. The molecule has 1 amide bonds. The average Bonchev–Trinajstić information content (AvgIpc) is 2.96. The summed E-state index contributed by atoms with van der Waals surface area (Å²) in [6.07, 6.45) is 1.53.